The standard InChI is InChI=1S/C13H15Cl2N3O/c1-4-16-13(2,3)12-17-11(18-19-12)8-5-9(14)7-10(15)6-8/h5-7,16H,4H2,1-3H3. The first-order valence-corrected chi connectivity index (χ1v) is 6.73. The van der Waals surface area contributed by atoms with Crippen molar-refractivity contribution in [2.24, 2.45) is 0 Å². The average Bonchev–Trinajstić information content (AvgIpc) is 2.77. The maximum Gasteiger partial charge on any atom is 0.246 e. The monoisotopic (exact) mass is 299 g/mol. The van der Waals surface area contributed by atoms with Crippen molar-refractivity contribution in [3.8, 4) is 11.4 Å². The molecule has 0 spiro atoms. The summed E-state index contributed by atoms with van der Waals surface area (Å²) in [4.78, 5) is 4.40. The van der Waals surface area contributed by atoms with Gasteiger partial charge in [-0.25, -0.2) is 0 Å². The topological polar surface area (TPSA) is 51.0 Å². The van der Waals surface area contributed by atoms with Crippen LogP contribution in [0.3, 0.4) is 0 Å². The third-order valence-corrected chi connectivity index (χ3v) is 3.14. The van der Waals surface area contributed by atoms with Crippen LogP contribution in [0.4, 0.5) is 0 Å². The highest BCUT2D eigenvalue weighted by molar-refractivity contribution is 6.35. The molecule has 2 rings (SSSR count). The van der Waals surface area contributed by atoms with E-state index in [2.05, 4.69) is 15.5 Å². The summed E-state index contributed by atoms with van der Waals surface area (Å²) in [6.45, 7) is 6.81. The Morgan fingerprint density at radius 2 is 1.84 bits per heavy atom. The summed E-state index contributed by atoms with van der Waals surface area (Å²) in [7, 11) is 0. The predicted molar refractivity (Wildman–Crippen MR) is 76.5 cm³/mol. The number of rotatable bonds is 4. The van der Waals surface area contributed by atoms with Gasteiger partial charge in [0.2, 0.25) is 11.7 Å². The zero-order valence-electron chi connectivity index (χ0n) is 11.0. The Morgan fingerprint density at radius 3 is 2.42 bits per heavy atom. The lowest BCUT2D eigenvalue weighted by molar-refractivity contribution is 0.272. The van der Waals surface area contributed by atoms with Crippen molar-refractivity contribution in [1.29, 1.82) is 0 Å². The van der Waals surface area contributed by atoms with Crippen LogP contribution < -0.4 is 5.32 Å². The summed E-state index contributed by atoms with van der Waals surface area (Å²) in [6.07, 6.45) is 0. The molecule has 0 aliphatic heterocycles. The lowest BCUT2D eigenvalue weighted by Crippen LogP contribution is -2.36. The van der Waals surface area contributed by atoms with E-state index in [1.165, 1.54) is 0 Å². The van der Waals surface area contributed by atoms with E-state index < -0.39 is 0 Å². The SMILES string of the molecule is CCNC(C)(C)c1nc(-c2cc(Cl)cc(Cl)c2)no1. The smallest absolute Gasteiger partial charge is 0.246 e. The zero-order valence-corrected chi connectivity index (χ0v) is 12.5. The van der Waals surface area contributed by atoms with E-state index in [9.17, 15) is 0 Å². The first kappa shape index (κ1) is 14.3. The Bertz CT molecular complexity index is 561. The highest BCUT2D eigenvalue weighted by Crippen LogP contribution is 2.27. The Kier molecular flexibility index (Phi) is 4.13. The molecule has 0 aliphatic carbocycles. The van der Waals surface area contributed by atoms with E-state index in [1.807, 2.05) is 20.8 Å². The van der Waals surface area contributed by atoms with Crippen LogP contribution in [0.25, 0.3) is 11.4 Å². The molecule has 0 radical (unpaired) electrons. The van der Waals surface area contributed by atoms with Crippen LogP contribution in [0, 0.1) is 0 Å². The molecule has 4 nitrogen and oxygen atoms in total. The highest BCUT2D eigenvalue weighted by Gasteiger charge is 2.26. The molecule has 0 unspecified atom stereocenters. The molecule has 0 saturated carbocycles. The Labute approximate surface area is 122 Å². The zero-order chi connectivity index (χ0) is 14.0. The third-order valence-electron chi connectivity index (χ3n) is 2.70. The maximum absolute atomic E-state index is 5.96. The fourth-order valence-corrected chi connectivity index (χ4v) is 2.32. The van der Waals surface area contributed by atoms with Crippen molar-refractivity contribution in [2.75, 3.05) is 6.54 Å². The van der Waals surface area contributed by atoms with E-state index in [0.717, 1.165) is 12.1 Å². The van der Waals surface area contributed by atoms with Crippen LogP contribution >= 0.6 is 23.2 Å². The number of aromatic nitrogens is 2. The maximum atomic E-state index is 5.96. The summed E-state index contributed by atoms with van der Waals surface area (Å²) >= 11 is 11.9. The van der Waals surface area contributed by atoms with Gasteiger partial charge in [-0.3, -0.25) is 0 Å². The fourth-order valence-electron chi connectivity index (χ4n) is 1.80. The van der Waals surface area contributed by atoms with Gasteiger partial charge in [0.05, 0.1) is 5.54 Å². The van der Waals surface area contributed by atoms with Gasteiger partial charge in [-0.15, -0.1) is 0 Å². The second kappa shape index (κ2) is 5.49. The molecule has 0 saturated heterocycles. The van der Waals surface area contributed by atoms with Crippen LogP contribution in [0.1, 0.15) is 26.7 Å². The molecule has 0 atom stereocenters. The van der Waals surface area contributed by atoms with Crippen molar-refractivity contribution in [1.82, 2.24) is 15.5 Å². The van der Waals surface area contributed by atoms with Gasteiger partial charge in [-0.05, 0) is 38.6 Å². The van der Waals surface area contributed by atoms with Gasteiger partial charge < -0.3 is 9.84 Å². The second-order valence-corrected chi connectivity index (χ2v) is 5.61. The van der Waals surface area contributed by atoms with Crippen molar-refractivity contribution in [3.63, 3.8) is 0 Å². The molecule has 1 heterocycles. The first-order chi connectivity index (χ1) is 8.92. The van der Waals surface area contributed by atoms with E-state index in [4.69, 9.17) is 27.7 Å². The van der Waals surface area contributed by atoms with Crippen LogP contribution in [-0.4, -0.2) is 16.7 Å². The van der Waals surface area contributed by atoms with Gasteiger partial charge in [0.15, 0.2) is 0 Å². The first-order valence-electron chi connectivity index (χ1n) is 5.98. The molecule has 0 fully saturated rings. The third kappa shape index (κ3) is 3.26. The summed E-state index contributed by atoms with van der Waals surface area (Å²) in [5, 5.41) is 8.33. The average molecular weight is 300 g/mol. The number of nitrogens with one attached hydrogen (secondary N) is 1. The minimum Gasteiger partial charge on any atom is -0.337 e. The van der Waals surface area contributed by atoms with E-state index in [1.54, 1.807) is 18.2 Å². The van der Waals surface area contributed by atoms with Crippen molar-refractivity contribution in [2.45, 2.75) is 26.3 Å². The van der Waals surface area contributed by atoms with Crippen molar-refractivity contribution in [3.05, 3.63) is 34.1 Å². The van der Waals surface area contributed by atoms with Gasteiger partial charge in [0, 0.05) is 15.6 Å². The largest absolute Gasteiger partial charge is 0.337 e. The lowest BCUT2D eigenvalue weighted by atomic mass is 10.1. The molecule has 1 aromatic carbocycles. The molecule has 0 amide bonds. The normalized spacial score (nSPS) is 11.8. The van der Waals surface area contributed by atoms with E-state index in [-0.39, 0.29) is 5.54 Å². The summed E-state index contributed by atoms with van der Waals surface area (Å²) in [6, 6.07) is 5.17. The number of hydrogen-bond acceptors (Lipinski definition) is 4. The molecule has 2 aromatic rings. The molecular formula is C13H15Cl2N3O. The van der Waals surface area contributed by atoms with E-state index in [0.29, 0.717) is 21.8 Å². The molecule has 6 heteroatoms. The van der Waals surface area contributed by atoms with Crippen LogP contribution in [0.15, 0.2) is 22.7 Å². The Morgan fingerprint density at radius 1 is 1.21 bits per heavy atom. The van der Waals surface area contributed by atoms with Crippen molar-refractivity contribution < 1.29 is 4.52 Å². The second-order valence-electron chi connectivity index (χ2n) is 4.74. The van der Waals surface area contributed by atoms with Gasteiger partial charge in [0.25, 0.3) is 0 Å². The summed E-state index contributed by atoms with van der Waals surface area (Å²) in [5.74, 6) is 1.01. The van der Waals surface area contributed by atoms with Crippen molar-refractivity contribution >= 4 is 23.2 Å². The van der Waals surface area contributed by atoms with Gasteiger partial charge in [0.1, 0.15) is 0 Å². The number of nitrogens with zero attached hydrogens (tertiary/aromatic N) is 2. The van der Waals surface area contributed by atoms with Gasteiger partial charge in [-0.2, -0.15) is 4.98 Å². The van der Waals surface area contributed by atoms with E-state index >= 15 is 0 Å². The van der Waals surface area contributed by atoms with Crippen LogP contribution in [-0.2, 0) is 5.54 Å². The molecule has 0 bridgehead atoms. The Hall–Kier alpha value is -1.10. The quantitative estimate of drug-likeness (QED) is 0.930. The molecule has 19 heavy (non-hydrogen) atoms. The minimum absolute atomic E-state index is 0.373. The summed E-state index contributed by atoms with van der Waals surface area (Å²) < 4.78 is 5.31. The number of benzene rings is 1. The lowest BCUT2D eigenvalue weighted by Gasteiger charge is -2.20. The number of hydrogen-bond donors (Lipinski definition) is 1. The molecule has 1 N–H and O–H groups in total. The van der Waals surface area contributed by atoms with Crippen LogP contribution in [0.5, 0.6) is 0 Å². The fraction of sp³-hybridized carbons (Fsp3) is 0.385. The van der Waals surface area contributed by atoms with Gasteiger partial charge >= 0.3 is 0 Å². The molecule has 102 valence electrons. The molecule has 1 aromatic heterocycles. The van der Waals surface area contributed by atoms with Crippen LogP contribution in [0.2, 0.25) is 10.0 Å². The highest BCUT2D eigenvalue weighted by atomic mass is 35.5. The Balaban J connectivity index is 2.35. The molecular weight excluding hydrogens is 285 g/mol. The number of halogens is 2. The summed E-state index contributed by atoms with van der Waals surface area (Å²) in [5.41, 5.74) is 0.363. The van der Waals surface area contributed by atoms with Gasteiger partial charge in [-0.1, -0.05) is 35.3 Å². The predicted octanol–water partition coefficient (Wildman–Crippen LogP) is 3.89. The molecule has 0 aliphatic rings. The minimum atomic E-state index is -0.373.